The third-order valence-electron chi connectivity index (χ3n) is 2.07. The van der Waals surface area contributed by atoms with Crippen LogP contribution >= 0.6 is 22.6 Å². The van der Waals surface area contributed by atoms with E-state index >= 15 is 0 Å². The highest BCUT2D eigenvalue weighted by Gasteiger charge is 2.20. The van der Waals surface area contributed by atoms with Gasteiger partial charge in [0.1, 0.15) is 5.82 Å². The zero-order chi connectivity index (χ0) is 12.3. The fraction of sp³-hybridized carbons (Fsp3) is 0.444. The minimum atomic E-state index is -3.51. The molecule has 0 atom stereocenters. The highest BCUT2D eigenvalue weighted by atomic mass is 127. The molecule has 1 N–H and O–H groups in total. The fourth-order valence-corrected chi connectivity index (χ4v) is 2.32. The van der Waals surface area contributed by atoms with Crippen LogP contribution in [-0.4, -0.2) is 30.8 Å². The van der Waals surface area contributed by atoms with Crippen molar-refractivity contribution in [1.82, 2.24) is 9.29 Å². The van der Waals surface area contributed by atoms with Crippen molar-refractivity contribution in [2.45, 2.75) is 19.9 Å². The van der Waals surface area contributed by atoms with Crippen LogP contribution in [0.5, 0.6) is 0 Å². The van der Waals surface area contributed by atoms with Crippen LogP contribution in [0.1, 0.15) is 13.8 Å². The molecule has 5 nitrogen and oxygen atoms in total. The molecule has 0 aliphatic heterocycles. The molecule has 0 radical (unpaired) electrons. The van der Waals surface area contributed by atoms with Crippen LogP contribution in [-0.2, 0) is 10.2 Å². The Balaban J connectivity index is 2.85. The lowest BCUT2D eigenvalue weighted by Crippen LogP contribution is -2.37. The molecule has 0 amide bonds. The van der Waals surface area contributed by atoms with E-state index in [1.54, 1.807) is 32.2 Å². The lowest BCUT2D eigenvalue weighted by molar-refractivity contribution is 0.414. The van der Waals surface area contributed by atoms with Crippen LogP contribution in [0.15, 0.2) is 18.3 Å². The first kappa shape index (κ1) is 13.7. The predicted molar refractivity (Wildman–Crippen MR) is 72.4 cm³/mol. The first-order valence-electron chi connectivity index (χ1n) is 4.70. The van der Waals surface area contributed by atoms with Crippen LogP contribution in [0.2, 0.25) is 0 Å². The minimum Gasteiger partial charge on any atom is -0.254 e. The number of hydrogen-bond donors (Lipinski definition) is 1. The number of anilines is 1. The predicted octanol–water partition coefficient (Wildman–Crippen LogP) is 1.68. The average molecular weight is 355 g/mol. The third kappa shape index (κ3) is 3.56. The molecule has 0 bridgehead atoms. The fourth-order valence-electron chi connectivity index (χ4n) is 0.918. The summed E-state index contributed by atoms with van der Waals surface area (Å²) in [6, 6.07) is 3.33. The van der Waals surface area contributed by atoms with E-state index < -0.39 is 10.2 Å². The molecule has 1 rings (SSSR count). The number of rotatable bonds is 4. The Morgan fingerprint density at radius 1 is 1.44 bits per heavy atom. The van der Waals surface area contributed by atoms with Gasteiger partial charge < -0.3 is 0 Å². The molecule has 90 valence electrons. The van der Waals surface area contributed by atoms with Gasteiger partial charge in [-0.3, -0.25) is 4.72 Å². The maximum Gasteiger partial charge on any atom is 0.302 e. The van der Waals surface area contributed by atoms with E-state index in [2.05, 4.69) is 32.3 Å². The molecule has 1 aromatic rings. The summed E-state index contributed by atoms with van der Waals surface area (Å²) in [4.78, 5) is 3.98. The molecule has 0 aromatic carbocycles. The van der Waals surface area contributed by atoms with Gasteiger partial charge in [-0.2, -0.15) is 12.7 Å². The zero-order valence-electron chi connectivity index (χ0n) is 9.31. The zero-order valence-corrected chi connectivity index (χ0v) is 12.3. The van der Waals surface area contributed by atoms with Crippen molar-refractivity contribution >= 4 is 38.6 Å². The topological polar surface area (TPSA) is 62.3 Å². The first-order chi connectivity index (χ1) is 7.33. The molecular formula is C9H14IN3O2S. The molecule has 0 spiro atoms. The second-order valence-corrected chi connectivity index (χ2v) is 6.55. The van der Waals surface area contributed by atoms with Gasteiger partial charge in [0.2, 0.25) is 0 Å². The summed E-state index contributed by atoms with van der Waals surface area (Å²) in [6.45, 7) is 3.61. The van der Waals surface area contributed by atoms with Crippen molar-refractivity contribution in [3.63, 3.8) is 0 Å². The summed E-state index contributed by atoms with van der Waals surface area (Å²) < 4.78 is 28.2. The van der Waals surface area contributed by atoms with Gasteiger partial charge >= 0.3 is 10.2 Å². The number of pyridine rings is 1. The SMILES string of the molecule is CC(C)N(C)S(=O)(=O)Nc1ccc(I)cn1. The summed E-state index contributed by atoms with van der Waals surface area (Å²) >= 11 is 2.11. The standard InChI is InChI=1S/C9H14IN3O2S/c1-7(2)13(3)16(14,15)12-9-5-4-8(10)6-11-9/h4-7H,1-3H3,(H,11,12). The van der Waals surface area contributed by atoms with Crippen molar-refractivity contribution in [2.24, 2.45) is 0 Å². The summed E-state index contributed by atoms with van der Waals surface area (Å²) in [7, 11) is -1.98. The molecule has 0 saturated carbocycles. The molecule has 0 fully saturated rings. The molecule has 0 aliphatic rings. The van der Waals surface area contributed by atoms with Crippen LogP contribution < -0.4 is 4.72 Å². The Morgan fingerprint density at radius 2 is 2.06 bits per heavy atom. The van der Waals surface area contributed by atoms with Gasteiger partial charge in [-0.05, 0) is 48.6 Å². The van der Waals surface area contributed by atoms with Crippen molar-refractivity contribution in [3.05, 3.63) is 21.9 Å². The van der Waals surface area contributed by atoms with Crippen molar-refractivity contribution < 1.29 is 8.42 Å². The van der Waals surface area contributed by atoms with E-state index in [0.717, 1.165) is 3.57 Å². The summed E-state index contributed by atoms with van der Waals surface area (Å²) in [5.41, 5.74) is 0. The smallest absolute Gasteiger partial charge is 0.254 e. The number of halogens is 1. The Morgan fingerprint density at radius 3 is 2.50 bits per heavy atom. The van der Waals surface area contributed by atoms with Gasteiger partial charge in [0.25, 0.3) is 0 Å². The van der Waals surface area contributed by atoms with Gasteiger partial charge in [-0.15, -0.1) is 0 Å². The van der Waals surface area contributed by atoms with Crippen molar-refractivity contribution in [2.75, 3.05) is 11.8 Å². The lowest BCUT2D eigenvalue weighted by atomic mass is 10.4. The first-order valence-corrected chi connectivity index (χ1v) is 7.22. The van der Waals surface area contributed by atoms with E-state index in [0.29, 0.717) is 5.82 Å². The molecule has 1 heterocycles. The lowest BCUT2D eigenvalue weighted by Gasteiger charge is -2.21. The van der Waals surface area contributed by atoms with E-state index in [1.165, 1.54) is 11.4 Å². The Hall–Kier alpha value is -0.410. The summed E-state index contributed by atoms with van der Waals surface area (Å²) in [5.74, 6) is 0.327. The molecule has 1 aromatic heterocycles. The average Bonchev–Trinajstić information content (AvgIpc) is 2.20. The normalized spacial score (nSPS) is 12.1. The quantitative estimate of drug-likeness (QED) is 0.836. The number of aromatic nitrogens is 1. The van der Waals surface area contributed by atoms with Crippen LogP contribution in [0.3, 0.4) is 0 Å². The largest absolute Gasteiger partial charge is 0.302 e. The van der Waals surface area contributed by atoms with Crippen LogP contribution in [0.25, 0.3) is 0 Å². The number of hydrogen-bond acceptors (Lipinski definition) is 3. The molecule has 0 unspecified atom stereocenters. The van der Waals surface area contributed by atoms with Gasteiger partial charge in [0.05, 0.1) is 0 Å². The van der Waals surface area contributed by atoms with E-state index in [-0.39, 0.29) is 6.04 Å². The second-order valence-electron chi connectivity index (χ2n) is 3.58. The van der Waals surface area contributed by atoms with Gasteiger partial charge in [0, 0.05) is 22.9 Å². The maximum absolute atomic E-state index is 11.8. The number of nitrogens with one attached hydrogen (secondary N) is 1. The Labute approximate surface area is 110 Å². The maximum atomic E-state index is 11.8. The van der Waals surface area contributed by atoms with Gasteiger partial charge in [0.15, 0.2) is 0 Å². The Kier molecular flexibility index (Phi) is 4.51. The van der Waals surface area contributed by atoms with Gasteiger partial charge in [-0.25, -0.2) is 4.98 Å². The number of nitrogens with zero attached hydrogens (tertiary/aromatic N) is 2. The van der Waals surface area contributed by atoms with E-state index in [1.807, 2.05) is 0 Å². The Bertz CT molecular complexity index is 444. The second kappa shape index (κ2) is 5.28. The van der Waals surface area contributed by atoms with Gasteiger partial charge in [-0.1, -0.05) is 0 Å². The summed E-state index contributed by atoms with van der Waals surface area (Å²) in [6.07, 6.45) is 1.60. The summed E-state index contributed by atoms with van der Waals surface area (Å²) in [5, 5.41) is 0. The van der Waals surface area contributed by atoms with E-state index in [4.69, 9.17) is 0 Å². The molecular weight excluding hydrogens is 341 g/mol. The molecule has 7 heteroatoms. The van der Waals surface area contributed by atoms with E-state index in [9.17, 15) is 8.42 Å². The molecule has 0 saturated heterocycles. The monoisotopic (exact) mass is 355 g/mol. The van der Waals surface area contributed by atoms with Crippen molar-refractivity contribution in [1.29, 1.82) is 0 Å². The molecule has 16 heavy (non-hydrogen) atoms. The minimum absolute atomic E-state index is 0.0960. The van der Waals surface area contributed by atoms with Crippen LogP contribution in [0.4, 0.5) is 5.82 Å². The highest BCUT2D eigenvalue weighted by Crippen LogP contribution is 2.11. The highest BCUT2D eigenvalue weighted by molar-refractivity contribution is 14.1. The third-order valence-corrected chi connectivity index (χ3v) is 4.35. The molecule has 0 aliphatic carbocycles. The van der Waals surface area contributed by atoms with Crippen molar-refractivity contribution in [3.8, 4) is 0 Å². The van der Waals surface area contributed by atoms with Crippen LogP contribution in [0, 0.1) is 3.57 Å².